The minimum atomic E-state index is -0.628. The number of allylic oxidation sites excluding steroid dienone is 1. The SMILES string of the molecule is CN(C(=O)OC(C)(C)C)/C(N)=C(/C=C(\N)Cl)N1CCC(O)C1. The highest BCUT2D eigenvalue weighted by molar-refractivity contribution is 6.29. The van der Waals surface area contributed by atoms with Gasteiger partial charge in [-0.15, -0.1) is 0 Å². The number of likely N-dealkylation sites (tertiary alicyclic amines) is 1. The van der Waals surface area contributed by atoms with Gasteiger partial charge in [-0.3, -0.25) is 4.90 Å². The van der Waals surface area contributed by atoms with Crippen molar-refractivity contribution >= 4 is 17.7 Å². The molecule has 1 aliphatic rings. The highest BCUT2D eigenvalue weighted by Crippen LogP contribution is 2.21. The summed E-state index contributed by atoms with van der Waals surface area (Å²) in [5, 5.41) is 9.71. The van der Waals surface area contributed by atoms with Gasteiger partial charge in [0.1, 0.15) is 16.6 Å². The van der Waals surface area contributed by atoms with Crippen LogP contribution < -0.4 is 11.5 Å². The zero-order chi connectivity index (χ0) is 17.1. The first-order valence-electron chi connectivity index (χ1n) is 7.03. The molecule has 0 spiro atoms. The van der Waals surface area contributed by atoms with E-state index in [0.29, 0.717) is 25.2 Å². The standard InChI is InChI=1S/C14H25ClN4O3/c1-14(2,3)22-13(21)18(4)12(17)10(7-11(15)16)19-6-5-9(20)8-19/h7,9,20H,5-6,8,16-17H2,1-4H3/b11-7-,12-10-. The number of aliphatic hydroxyl groups excluding tert-OH is 1. The Labute approximate surface area is 136 Å². The normalized spacial score (nSPS) is 20.7. The zero-order valence-electron chi connectivity index (χ0n) is 13.5. The molecule has 1 saturated heterocycles. The Kier molecular flexibility index (Phi) is 5.96. The van der Waals surface area contributed by atoms with Crippen LogP contribution in [0.15, 0.2) is 22.8 Å². The summed E-state index contributed by atoms with van der Waals surface area (Å²) >= 11 is 5.75. The van der Waals surface area contributed by atoms with Gasteiger partial charge in [-0.2, -0.15) is 0 Å². The molecule has 1 atom stereocenters. The molecule has 0 aliphatic carbocycles. The predicted octanol–water partition coefficient (Wildman–Crippen LogP) is 1.09. The van der Waals surface area contributed by atoms with Crippen LogP contribution >= 0.6 is 11.6 Å². The lowest BCUT2D eigenvalue weighted by Crippen LogP contribution is -2.38. The predicted molar refractivity (Wildman–Crippen MR) is 85.5 cm³/mol. The summed E-state index contributed by atoms with van der Waals surface area (Å²) in [5.74, 6) is 0.159. The van der Waals surface area contributed by atoms with Gasteiger partial charge in [-0.05, 0) is 33.3 Å². The van der Waals surface area contributed by atoms with E-state index in [2.05, 4.69) is 0 Å². The van der Waals surface area contributed by atoms with E-state index in [9.17, 15) is 9.90 Å². The zero-order valence-corrected chi connectivity index (χ0v) is 14.2. The third-order valence-corrected chi connectivity index (χ3v) is 3.18. The molecule has 0 bridgehead atoms. The van der Waals surface area contributed by atoms with Crippen molar-refractivity contribution < 1.29 is 14.6 Å². The molecule has 0 saturated carbocycles. The number of nitrogens with two attached hydrogens (primary N) is 2. The Balaban J connectivity index is 3.05. The molecule has 126 valence electrons. The van der Waals surface area contributed by atoms with Gasteiger partial charge >= 0.3 is 6.09 Å². The molecule has 1 amide bonds. The average molecular weight is 333 g/mol. The number of hydrogen-bond donors (Lipinski definition) is 3. The lowest BCUT2D eigenvalue weighted by atomic mass is 10.2. The van der Waals surface area contributed by atoms with Crippen LogP contribution in [0.25, 0.3) is 0 Å². The first-order valence-corrected chi connectivity index (χ1v) is 7.41. The van der Waals surface area contributed by atoms with Crippen molar-refractivity contribution in [3.8, 4) is 0 Å². The maximum Gasteiger partial charge on any atom is 0.415 e. The number of rotatable bonds is 3. The van der Waals surface area contributed by atoms with Crippen molar-refractivity contribution in [3.05, 3.63) is 22.8 Å². The van der Waals surface area contributed by atoms with E-state index in [1.54, 1.807) is 20.8 Å². The highest BCUT2D eigenvalue weighted by atomic mass is 35.5. The molecule has 1 fully saturated rings. The molecule has 7 nitrogen and oxygen atoms in total. The van der Waals surface area contributed by atoms with E-state index >= 15 is 0 Å². The molecule has 1 aliphatic heterocycles. The third-order valence-electron chi connectivity index (χ3n) is 3.07. The molecule has 1 unspecified atom stereocenters. The fraction of sp³-hybridized carbons (Fsp3) is 0.643. The Morgan fingerprint density at radius 1 is 1.45 bits per heavy atom. The van der Waals surface area contributed by atoms with Crippen LogP contribution in [0.2, 0.25) is 0 Å². The maximum absolute atomic E-state index is 12.1. The summed E-state index contributed by atoms with van der Waals surface area (Å²) in [5.41, 5.74) is 11.5. The average Bonchev–Trinajstić information content (AvgIpc) is 2.78. The van der Waals surface area contributed by atoms with E-state index in [1.165, 1.54) is 18.0 Å². The third kappa shape index (κ3) is 5.31. The quantitative estimate of drug-likeness (QED) is 0.527. The van der Waals surface area contributed by atoms with Gasteiger partial charge in [0.25, 0.3) is 0 Å². The molecule has 8 heteroatoms. The number of nitrogens with zero attached hydrogens (tertiary/aromatic N) is 2. The minimum Gasteiger partial charge on any atom is -0.443 e. The van der Waals surface area contributed by atoms with E-state index in [4.69, 9.17) is 27.8 Å². The molecular formula is C14H25ClN4O3. The number of amides is 1. The van der Waals surface area contributed by atoms with Crippen molar-refractivity contribution in [3.63, 3.8) is 0 Å². The van der Waals surface area contributed by atoms with Gasteiger partial charge in [0.05, 0.1) is 11.8 Å². The van der Waals surface area contributed by atoms with Gasteiger partial charge < -0.3 is 26.2 Å². The van der Waals surface area contributed by atoms with Crippen LogP contribution in [-0.2, 0) is 4.74 Å². The fourth-order valence-corrected chi connectivity index (χ4v) is 2.12. The summed E-state index contributed by atoms with van der Waals surface area (Å²) in [6, 6.07) is 0. The summed E-state index contributed by atoms with van der Waals surface area (Å²) in [6.07, 6.45) is 1.06. The van der Waals surface area contributed by atoms with E-state index in [0.717, 1.165) is 0 Å². The topological polar surface area (TPSA) is 105 Å². The Hall–Kier alpha value is -1.60. The molecule has 0 radical (unpaired) electrons. The molecule has 1 heterocycles. The molecule has 0 aromatic carbocycles. The highest BCUT2D eigenvalue weighted by Gasteiger charge is 2.27. The molecule has 0 aromatic heterocycles. The van der Waals surface area contributed by atoms with E-state index < -0.39 is 17.8 Å². The molecule has 0 aromatic rings. The molecule has 1 rings (SSSR count). The van der Waals surface area contributed by atoms with Gasteiger partial charge in [0.15, 0.2) is 0 Å². The number of carbonyl (C=O) groups excluding carboxylic acids is 1. The minimum absolute atomic E-state index is 0.0388. The lowest BCUT2D eigenvalue weighted by Gasteiger charge is -2.28. The lowest BCUT2D eigenvalue weighted by molar-refractivity contribution is 0.0347. The second-order valence-corrected chi connectivity index (χ2v) is 6.66. The molecule has 5 N–H and O–H groups in total. The van der Waals surface area contributed by atoms with Crippen LogP contribution in [0.3, 0.4) is 0 Å². The molecule has 22 heavy (non-hydrogen) atoms. The van der Waals surface area contributed by atoms with Crippen LogP contribution in [0.5, 0.6) is 0 Å². The first-order chi connectivity index (χ1) is 10.0. The summed E-state index contributed by atoms with van der Waals surface area (Å²) < 4.78 is 5.28. The summed E-state index contributed by atoms with van der Waals surface area (Å²) in [6.45, 7) is 6.31. The van der Waals surface area contributed by atoms with Crippen molar-refractivity contribution in [2.24, 2.45) is 11.5 Å². The van der Waals surface area contributed by atoms with Crippen LogP contribution in [0.1, 0.15) is 27.2 Å². The Bertz CT molecular complexity index is 481. The first kappa shape index (κ1) is 18.4. The fourth-order valence-electron chi connectivity index (χ4n) is 2.02. The van der Waals surface area contributed by atoms with Crippen molar-refractivity contribution in [1.29, 1.82) is 0 Å². The van der Waals surface area contributed by atoms with Gasteiger partial charge in [0.2, 0.25) is 0 Å². The molecular weight excluding hydrogens is 308 g/mol. The van der Waals surface area contributed by atoms with Crippen molar-refractivity contribution in [1.82, 2.24) is 9.80 Å². The summed E-state index contributed by atoms with van der Waals surface area (Å²) in [7, 11) is 1.51. The van der Waals surface area contributed by atoms with Crippen molar-refractivity contribution in [2.75, 3.05) is 20.1 Å². The number of β-amino-alcohol motifs (C(OH)–C–C–N with tert-alkyl or cyclic N) is 1. The van der Waals surface area contributed by atoms with Gasteiger partial charge in [-0.1, -0.05) is 11.6 Å². The number of aliphatic hydroxyl groups is 1. The second-order valence-electron chi connectivity index (χ2n) is 6.23. The number of hydrogen-bond acceptors (Lipinski definition) is 6. The maximum atomic E-state index is 12.1. The monoisotopic (exact) mass is 332 g/mol. The van der Waals surface area contributed by atoms with Crippen LogP contribution in [0, 0.1) is 0 Å². The smallest absolute Gasteiger partial charge is 0.415 e. The van der Waals surface area contributed by atoms with E-state index in [1.807, 2.05) is 4.90 Å². The Morgan fingerprint density at radius 2 is 2.05 bits per heavy atom. The number of ether oxygens (including phenoxy) is 1. The van der Waals surface area contributed by atoms with Crippen molar-refractivity contribution in [2.45, 2.75) is 38.9 Å². The van der Waals surface area contributed by atoms with Gasteiger partial charge in [0, 0.05) is 20.1 Å². The van der Waals surface area contributed by atoms with Gasteiger partial charge in [-0.25, -0.2) is 4.79 Å². The number of carbonyl (C=O) groups is 1. The largest absolute Gasteiger partial charge is 0.443 e. The van der Waals surface area contributed by atoms with Crippen LogP contribution in [-0.4, -0.2) is 52.8 Å². The van der Waals surface area contributed by atoms with E-state index in [-0.39, 0.29) is 11.0 Å². The Morgan fingerprint density at radius 3 is 2.45 bits per heavy atom. The number of halogens is 1. The van der Waals surface area contributed by atoms with Crippen LogP contribution in [0.4, 0.5) is 4.79 Å². The summed E-state index contributed by atoms with van der Waals surface area (Å²) in [4.78, 5) is 15.1. The second kappa shape index (κ2) is 7.11.